The minimum atomic E-state index is 0. The first kappa shape index (κ1) is 20.0. The Hall–Kier alpha value is -1.09. The van der Waals surface area contributed by atoms with Crippen molar-refractivity contribution in [2.45, 2.75) is 39.8 Å². The molecular weight excluding hydrogens is 421 g/mol. The lowest BCUT2D eigenvalue weighted by Gasteiger charge is -2.17. The summed E-state index contributed by atoms with van der Waals surface area (Å²) in [6.07, 6.45) is 4.93. The van der Waals surface area contributed by atoms with Crippen molar-refractivity contribution in [2.24, 2.45) is 4.99 Å². The Labute approximate surface area is 159 Å². The Morgan fingerprint density at radius 2 is 2.17 bits per heavy atom. The van der Waals surface area contributed by atoms with Crippen LogP contribution in [0.1, 0.15) is 22.2 Å². The highest BCUT2D eigenvalue weighted by molar-refractivity contribution is 14.0. The van der Waals surface area contributed by atoms with Crippen LogP contribution in [0.5, 0.6) is 0 Å². The average Bonchev–Trinajstić information content (AvgIpc) is 3.06. The Bertz CT molecular complexity index is 620. The number of thiophene rings is 1. The third-order valence-electron chi connectivity index (χ3n) is 3.31. The van der Waals surface area contributed by atoms with Gasteiger partial charge in [-0.3, -0.25) is 9.67 Å². The lowest BCUT2D eigenvalue weighted by molar-refractivity contribution is 0.586. The first-order chi connectivity index (χ1) is 10.6. The van der Waals surface area contributed by atoms with Crippen molar-refractivity contribution < 1.29 is 0 Å². The number of hydrogen-bond acceptors (Lipinski definition) is 3. The van der Waals surface area contributed by atoms with E-state index in [9.17, 15) is 0 Å². The van der Waals surface area contributed by atoms with Gasteiger partial charge in [-0.2, -0.15) is 5.10 Å². The van der Waals surface area contributed by atoms with E-state index >= 15 is 0 Å². The van der Waals surface area contributed by atoms with E-state index in [1.54, 1.807) is 7.05 Å². The molecule has 0 saturated heterocycles. The molecule has 2 aromatic heterocycles. The molecule has 2 N–H and O–H groups in total. The van der Waals surface area contributed by atoms with Crippen LogP contribution in [0.2, 0.25) is 0 Å². The van der Waals surface area contributed by atoms with Crippen LogP contribution in [-0.4, -0.2) is 35.4 Å². The maximum Gasteiger partial charge on any atom is 0.191 e. The normalized spacial score (nSPS) is 12.6. The van der Waals surface area contributed by atoms with E-state index in [2.05, 4.69) is 46.7 Å². The quantitative estimate of drug-likeness (QED) is 0.407. The minimum Gasteiger partial charge on any atom is -0.355 e. The molecule has 2 rings (SSSR count). The zero-order valence-corrected chi connectivity index (χ0v) is 17.3. The summed E-state index contributed by atoms with van der Waals surface area (Å²) in [5, 5.41) is 11.0. The van der Waals surface area contributed by atoms with Gasteiger partial charge in [0, 0.05) is 42.0 Å². The second kappa shape index (κ2) is 9.92. The van der Waals surface area contributed by atoms with Gasteiger partial charge in [-0.05, 0) is 38.5 Å². The third kappa shape index (κ3) is 6.90. The van der Waals surface area contributed by atoms with E-state index in [1.807, 2.05) is 35.3 Å². The number of hydrogen-bond donors (Lipinski definition) is 2. The topological polar surface area (TPSA) is 54.2 Å². The summed E-state index contributed by atoms with van der Waals surface area (Å²) in [5.41, 5.74) is 1.18. The molecule has 1 atom stereocenters. The fraction of sp³-hybridized carbons (Fsp3) is 0.500. The summed E-state index contributed by atoms with van der Waals surface area (Å²) >= 11 is 1.86. The number of nitrogens with zero attached hydrogens (tertiary/aromatic N) is 3. The molecule has 0 aromatic carbocycles. The van der Waals surface area contributed by atoms with E-state index in [0.717, 1.165) is 25.5 Å². The molecule has 5 nitrogen and oxygen atoms in total. The summed E-state index contributed by atoms with van der Waals surface area (Å²) in [7, 11) is 1.80. The monoisotopic (exact) mass is 447 g/mol. The van der Waals surface area contributed by atoms with Crippen molar-refractivity contribution in [2.75, 3.05) is 13.6 Å². The van der Waals surface area contributed by atoms with Crippen LogP contribution < -0.4 is 10.6 Å². The molecule has 7 heteroatoms. The Morgan fingerprint density at radius 3 is 2.74 bits per heavy atom. The minimum absolute atomic E-state index is 0. The maximum absolute atomic E-state index is 4.28. The number of aromatic nitrogens is 2. The van der Waals surface area contributed by atoms with Crippen LogP contribution in [0, 0.1) is 13.8 Å². The molecule has 0 amide bonds. The molecule has 0 saturated carbocycles. The lowest BCUT2D eigenvalue weighted by atomic mass is 10.2. The van der Waals surface area contributed by atoms with Crippen molar-refractivity contribution in [1.82, 2.24) is 20.4 Å². The molecule has 0 aliphatic heterocycles. The molecule has 128 valence electrons. The predicted octanol–water partition coefficient (Wildman–Crippen LogP) is 2.98. The number of guanidine groups is 1. The van der Waals surface area contributed by atoms with Gasteiger partial charge >= 0.3 is 0 Å². The summed E-state index contributed by atoms with van der Waals surface area (Å²) in [5.74, 6) is 0.838. The van der Waals surface area contributed by atoms with E-state index in [0.29, 0.717) is 6.04 Å². The molecule has 1 unspecified atom stereocenters. The van der Waals surface area contributed by atoms with Gasteiger partial charge in [0.1, 0.15) is 0 Å². The van der Waals surface area contributed by atoms with Crippen molar-refractivity contribution in [3.63, 3.8) is 0 Å². The molecular formula is C16H26IN5S. The number of halogens is 1. The molecule has 0 bridgehead atoms. The molecule has 0 radical (unpaired) electrons. The Kier molecular flexibility index (Phi) is 8.60. The fourth-order valence-electron chi connectivity index (χ4n) is 2.25. The summed E-state index contributed by atoms with van der Waals surface area (Å²) in [6.45, 7) is 7.99. The predicted molar refractivity (Wildman–Crippen MR) is 109 cm³/mol. The molecule has 23 heavy (non-hydrogen) atoms. The summed E-state index contributed by atoms with van der Waals surface area (Å²) in [4.78, 5) is 7.04. The van der Waals surface area contributed by atoms with Gasteiger partial charge < -0.3 is 10.6 Å². The summed E-state index contributed by atoms with van der Waals surface area (Å²) < 4.78 is 1.94. The second-order valence-electron chi connectivity index (χ2n) is 5.54. The number of aryl methyl sites for hydroxylation is 2. The fourth-order valence-corrected chi connectivity index (χ4v) is 3.27. The highest BCUT2D eigenvalue weighted by Gasteiger charge is 2.07. The van der Waals surface area contributed by atoms with Crippen LogP contribution in [0.15, 0.2) is 29.5 Å². The Balaban J connectivity index is 0.00000264. The van der Waals surface area contributed by atoms with Crippen molar-refractivity contribution in [3.05, 3.63) is 39.8 Å². The van der Waals surface area contributed by atoms with E-state index in [4.69, 9.17) is 0 Å². The highest BCUT2D eigenvalue weighted by atomic mass is 127. The smallest absolute Gasteiger partial charge is 0.191 e. The number of aliphatic imine (C=N–C) groups is 1. The third-order valence-corrected chi connectivity index (χ3v) is 4.33. The van der Waals surface area contributed by atoms with Gasteiger partial charge in [0.05, 0.1) is 12.7 Å². The highest BCUT2D eigenvalue weighted by Crippen LogP contribution is 2.16. The van der Waals surface area contributed by atoms with E-state index in [1.165, 1.54) is 15.3 Å². The molecule has 0 spiro atoms. The van der Waals surface area contributed by atoms with Gasteiger partial charge in [-0.25, -0.2) is 0 Å². The van der Waals surface area contributed by atoms with Gasteiger partial charge in [-0.15, -0.1) is 35.3 Å². The first-order valence-electron chi connectivity index (χ1n) is 7.58. The molecule has 2 aromatic rings. The van der Waals surface area contributed by atoms with Gasteiger partial charge in [-0.1, -0.05) is 0 Å². The van der Waals surface area contributed by atoms with Gasteiger partial charge in [0.2, 0.25) is 0 Å². The van der Waals surface area contributed by atoms with Crippen LogP contribution in [0.25, 0.3) is 0 Å². The standard InChI is InChI=1S/C16H25N5S.HI/c1-12-10-19-21(11-12)8-7-18-16(17-4)20-13(2)9-15-6-5-14(3)22-15;/h5-6,10-11,13H,7-9H2,1-4H3,(H2,17,18,20);1H. The van der Waals surface area contributed by atoms with Gasteiger partial charge in [0.15, 0.2) is 5.96 Å². The van der Waals surface area contributed by atoms with Crippen molar-refractivity contribution in [1.29, 1.82) is 0 Å². The van der Waals surface area contributed by atoms with Gasteiger partial charge in [0.25, 0.3) is 0 Å². The van der Waals surface area contributed by atoms with Crippen LogP contribution in [0.4, 0.5) is 0 Å². The van der Waals surface area contributed by atoms with Crippen LogP contribution in [-0.2, 0) is 13.0 Å². The average molecular weight is 447 g/mol. The van der Waals surface area contributed by atoms with Crippen molar-refractivity contribution in [3.8, 4) is 0 Å². The first-order valence-corrected chi connectivity index (χ1v) is 8.40. The number of rotatable bonds is 6. The zero-order valence-electron chi connectivity index (χ0n) is 14.2. The molecule has 0 aliphatic rings. The van der Waals surface area contributed by atoms with E-state index in [-0.39, 0.29) is 24.0 Å². The second-order valence-corrected chi connectivity index (χ2v) is 6.91. The largest absolute Gasteiger partial charge is 0.355 e. The van der Waals surface area contributed by atoms with Crippen molar-refractivity contribution >= 4 is 41.3 Å². The lowest BCUT2D eigenvalue weighted by Crippen LogP contribution is -2.43. The molecule has 0 fully saturated rings. The van der Waals surface area contributed by atoms with Crippen LogP contribution >= 0.6 is 35.3 Å². The summed E-state index contributed by atoms with van der Waals surface area (Å²) in [6, 6.07) is 4.72. The zero-order chi connectivity index (χ0) is 15.9. The molecule has 2 heterocycles. The SMILES string of the molecule is CN=C(NCCn1cc(C)cn1)NC(C)Cc1ccc(C)s1.I. The Morgan fingerprint density at radius 1 is 1.39 bits per heavy atom. The molecule has 0 aliphatic carbocycles. The maximum atomic E-state index is 4.28. The van der Waals surface area contributed by atoms with Crippen LogP contribution in [0.3, 0.4) is 0 Å². The van der Waals surface area contributed by atoms with E-state index < -0.39 is 0 Å². The number of nitrogens with one attached hydrogen (secondary N) is 2.